The van der Waals surface area contributed by atoms with Crippen molar-refractivity contribution in [1.29, 1.82) is 0 Å². The maximum absolute atomic E-state index is 12.4. The van der Waals surface area contributed by atoms with E-state index in [2.05, 4.69) is 18.7 Å². The van der Waals surface area contributed by atoms with Gasteiger partial charge in [-0.2, -0.15) is 0 Å². The summed E-state index contributed by atoms with van der Waals surface area (Å²) in [5.41, 5.74) is 1.11. The largest absolute Gasteiger partial charge is 0.496 e. The predicted molar refractivity (Wildman–Crippen MR) is 81.4 cm³/mol. The van der Waals surface area contributed by atoms with E-state index in [1.807, 2.05) is 24.3 Å². The molecule has 0 radical (unpaired) electrons. The van der Waals surface area contributed by atoms with Gasteiger partial charge in [0.2, 0.25) is 0 Å². The van der Waals surface area contributed by atoms with E-state index < -0.39 is 0 Å². The Kier molecular flexibility index (Phi) is 4.81. The van der Waals surface area contributed by atoms with Crippen LogP contribution in [0.2, 0.25) is 0 Å². The predicted octanol–water partition coefficient (Wildman–Crippen LogP) is 3.39. The van der Waals surface area contributed by atoms with Crippen molar-refractivity contribution in [2.24, 2.45) is 5.41 Å². The van der Waals surface area contributed by atoms with Gasteiger partial charge in [-0.3, -0.25) is 9.69 Å². The zero-order chi connectivity index (χ0) is 14.6. The van der Waals surface area contributed by atoms with Crippen LogP contribution in [0.5, 0.6) is 5.75 Å². The van der Waals surface area contributed by atoms with E-state index in [9.17, 15) is 4.79 Å². The van der Waals surface area contributed by atoms with Crippen molar-refractivity contribution in [1.82, 2.24) is 4.90 Å². The van der Waals surface area contributed by atoms with Crippen LogP contribution in [-0.2, 0) is 0 Å². The molecule has 1 aliphatic rings. The molecular weight excluding hydrogens is 250 g/mol. The Morgan fingerprint density at radius 3 is 2.60 bits per heavy atom. The van der Waals surface area contributed by atoms with E-state index in [1.165, 1.54) is 19.3 Å². The third-order valence-electron chi connectivity index (χ3n) is 4.79. The van der Waals surface area contributed by atoms with E-state index >= 15 is 0 Å². The lowest BCUT2D eigenvalue weighted by molar-refractivity contribution is 0.0933. The maximum Gasteiger partial charge on any atom is 0.180 e. The molecule has 0 aromatic heterocycles. The number of hydrogen-bond acceptors (Lipinski definition) is 3. The minimum absolute atomic E-state index is 0.158. The molecule has 1 aliphatic heterocycles. The maximum atomic E-state index is 12.4. The van der Waals surface area contributed by atoms with Gasteiger partial charge in [0, 0.05) is 6.54 Å². The van der Waals surface area contributed by atoms with Gasteiger partial charge in [0.1, 0.15) is 5.75 Å². The molecule has 0 aliphatic carbocycles. The van der Waals surface area contributed by atoms with Crippen molar-refractivity contribution in [3.8, 4) is 5.75 Å². The number of para-hydroxylation sites is 1. The molecule has 3 nitrogen and oxygen atoms in total. The zero-order valence-electron chi connectivity index (χ0n) is 12.8. The monoisotopic (exact) mass is 275 g/mol. The molecule has 1 heterocycles. The zero-order valence-corrected chi connectivity index (χ0v) is 12.8. The Morgan fingerprint density at radius 1 is 1.30 bits per heavy atom. The first-order valence-corrected chi connectivity index (χ1v) is 7.52. The Balaban J connectivity index is 2.03. The van der Waals surface area contributed by atoms with Gasteiger partial charge in [0.15, 0.2) is 5.78 Å². The lowest BCUT2D eigenvalue weighted by Crippen LogP contribution is -2.31. The number of nitrogens with zero attached hydrogens (tertiary/aromatic N) is 1. The summed E-state index contributed by atoms with van der Waals surface area (Å²) in [6, 6.07) is 7.48. The Bertz CT molecular complexity index is 466. The van der Waals surface area contributed by atoms with Crippen LogP contribution in [0.15, 0.2) is 24.3 Å². The SMILES string of the molecule is CCC1(CC)CCN(CC(=O)c2ccccc2OC)C1. The summed E-state index contributed by atoms with van der Waals surface area (Å²) >= 11 is 0. The number of likely N-dealkylation sites (tertiary alicyclic amines) is 1. The fraction of sp³-hybridized carbons (Fsp3) is 0.588. The summed E-state index contributed by atoms with van der Waals surface area (Å²) < 4.78 is 5.27. The highest BCUT2D eigenvalue weighted by molar-refractivity contribution is 6.00. The summed E-state index contributed by atoms with van der Waals surface area (Å²) in [5, 5.41) is 0. The van der Waals surface area contributed by atoms with E-state index in [0.29, 0.717) is 23.3 Å². The third kappa shape index (κ3) is 3.04. The average Bonchev–Trinajstić information content (AvgIpc) is 2.91. The normalized spacial score (nSPS) is 18.1. The van der Waals surface area contributed by atoms with Crippen molar-refractivity contribution in [3.05, 3.63) is 29.8 Å². The van der Waals surface area contributed by atoms with Crippen molar-refractivity contribution in [3.63, 3.8) is 0 Å². The van der Waals surface area contributed by atoms with Crippen LogP contribution < -0.4 is 4.74 Å². The third-order valence-corrected chi connectivity index (χ3v) is 4.79. The van der Waals surface area contributed by atoms with Crippen LogP contribution >= 0.6 is 0 Å². The van der Waals surface area contributed by atoms with Crippen LogP contribution in [-0.4, -0.2) is 37.4 Å². The van der Waals surface area contributed by atoms with Crippen molar-refractivity contribution in [2.75, 3.05) is 26.7 Å². The molecule has 2 rings (SSSR count). The first-order chi connectivity index (χ1) is 9.64. The van der Waals surface area contributed by atoms with Crippen LogP contribution in [0, 0.1) is 5.41 Å². The first-order valence-electron chi connectivity index (χ1n) is 7.52. The number of carbonyl (C=O) groups is 1. The number of ketones is 1. The molecule has 3 heteroatoms. The van der Waals surface area contributed by atoms with Gasteiger partial charge < -0.3 is 4.74 Å². The highest BCUT2D eigenvalue weighted by atomic mass is 16.5. The molecule has 1 aromatic carbocycles. The first kappa shape index (κ1) is 15.0. The molecule has 1 fully saturated rings. The van der Waals surface area contributed by atoms with Gasteiger partial charge in [0.25, 0.3) is 0 Å². The van der Waals surface area contributed by atoms with E-state index in [0.717, 1.165) is 13.1 Å². The smallest absolute Gasteiger partial charge is 0.180 e. The molecule has 0 N–H and O–H groups in total. The topological polar surface area (TPSA) is 29.5 Å². The minimum atomic E-state index is 0.158. The van der Waals surface area contributed by atoms with Crippen LogP contribution in [0.4, 0.5) is 0 Å². The molecule has 0 bridgehead atoms. The standard InChI is InChI=1S/C17H25NO2/c1-4-17(5-2)10-11-18(13-17)12-15(19)14-8-6-7-9-16(14)20-3/h6-9H,4-5,10-13H2,1-3H3. The number of methoxy groups -OCH3 is 1. The lowest BCUT2D eigenvalue weighted by atomic mass is 9.82. The summed E-state index contributed by atoms with van der Waals surface area (Å²) in [4.78, 5) is 14.7. The van der Waals surface area contributed by atoms with E-state index in [1.54, 1.807) is 7.11 Å². The number of rotatable bonds is 6. The van der Waals surface area contributed by atoms with Gasteiger partial charge >= 0.3 is 0 Å². The average molecular weight is 275 g/mol. The van der Waals surface area contributed by atoms with Crippen LogP contribution in [0.25, 0.3) is 0 Å². The lowest BCUT2D eigenvalue weighted by Gasteiger charge is -2.26. The molecule has 0 saturated carbocycles. The highest BCUT2D eigenvalue weighted by Crippen LogP contribution is 2.37. The molecule has 0 amide bonds. The molecule has 0 unspecified atom stereocenters. The fourth-order valence-corrected chi connectivity index (χ4v) is 3.15. The van der Waals surface area contributed by atoms with Gasteiger partial charge in [0.05, 0.1) is 19.2 Å². The van der Waals surface area contributed by atoms with Crippen molar-refractivity contribution in [2.45, 2.75) is 33.1 Å². The number of ether oxygens (including phenoxy) is 1. The quantitative estimate of drug-likeness (QED) is 0.745. The van der Waals surface area contributed by atoms with Gasteiger partial charge in [-0.05, 0) is 43.4 Å². The molecule has 0 spiro atoms. The number of carbonyl (C=O) groups excluding carboxylic acids is 1. The van der Waals surface area contributed by atoms with Crippen LogP contribution in [0.1, 0.15) is 43.5 Å². The summed E-state index contributed by atoms with van der Waals surface area (Å²) in [6.45, 7) is 7.09. The van der Waals surface area contributed by atoms with Crippen molar-refractivity contribution >= 4 is 5.78 Å². The number of hydrogen-bond donors (Lipinski definition) is 0. The Labute approximate surface area is 121 Å². The van der Waals surface area contributed by atoms with E-state index in [4.69, 9.17) is 4.74 Å². The highest BCUT2D eigenvalue weighted by Gasteiger charge is 2.35. The van der Waals surface area contributed by atoms with Crippen molar-refractivity contribution < 1.29 is 9.53 Å². The molecule has 20 heavy (non-hydrogen) atoms. The van der Waals surface area contributed by atoms with Gasteiger partial charge in [-0.15, -0.1) is 0 Å². The Morgan fingerprint density at radius 2 is 2.00 bits per heavy atom. The van der Waals surface area contributed by atoms with E-state index in [-0.39, 0.29) is 5.78 Å². The summed E-state index contributed by atoms with van der Waals surface area (Å²) in [7, 11) is 1.61. The molecule has 1 aromatic rings. The number of Topliss-reactive ketones (excluding diaryl/α,β-unsaturated/α-hetero) is 1. The minimum Gasteiger partial charge on any atom is -0.496 e. The Hall–Kier alpha value is -1.35. The number of benzene rings is 1. The second-order valence-electron chi connectivity index (χ2n) is 5.79. The summed E-state index contributed by atoms with van der Waals surface area (Å²) in [5.74, 6) is 0.833. The molecular formula is C17H25NO2. The van der Waals surface area contributed by atoms with Gasteiger partial charge in [-0.25, -0.2) is 0 Å². The second-order valence-corrected chi connectivity index (χ2v) is 5.79. The second kappa shape index (κ2) is 6.40. The molecule has 0 atom stereocenters. The molecule has 1 saturated heterocycles. The van der Waals surface area contributed by atoms with Crippen LogP contribution in [0.3, 0.4) is 0 Å². The summed E-state index contributed by atoms with van der Waals surface area (Å²) in [6.07, 6.45) is 3.60. The fourth-order valence-electron chi connectivity index (χ4n) is 3.15. The molecule has 110 valence electrons. The van der Waals surface area contributed by atoms with Gasteiger partial charge in [-0.1, -0.05) is 26.0 Å².